The van der Waals surface area contributed by atoms with Crippen molar-refractivity contribution in [1.82, 2.24) is 0 Å². The van der Waals surface area contributed by atoms with Gasteiger partial charge in [0.1, 0.15) is 18.3 Å². The van der Waals surface area contributed by atoms with Gasteiger partial charge in [0, 0.05) is 38.4 Å². The van der Waals surface area contributed by atoms with Crippen molar-refractivity contribution in [1.29, 1.82) is 0 Å². The molecule has 0 amide bonds. The molecule has 10 heteroatoms. The van der Waals surface area contributed by atoms with Crippen LogP contribution in [0.3, 0.4) is 0 Å². The summed E-state index contributed by atoms with van der Waals surface area (Å²) >= 11 is 0. The highest BCUT2D eigenvalue weighted by Crippen LogP contribution is 2.31. The standard InChI is InChI=1S/C27H56N4O5.ClH/c1-16(2)7-10-32-22-14-21(31)27(35-23(22)15-28)36-25-20(30)13-19(29)24(33-11-8-17(3)4)26(25)34-12-9-18(5)6;/h16-27H,7-15,28-31H2,1-6H3;1H/t19-,20+,21-,22+,23-,24+,25-,26-,27-;/m1./s1. The van der Waals surface area contributed by atoms with Gasteiger partial charge in [0.2, 0.25) is 0 Å². The fourth-order valence-electron chi connectivity index (χ4n) is 4.74. The first-order chi connectivity index (χ1) is 17.0. The average molecular weight is 553 g/mol. The Morgan fingerprint density at radius 1 is 0.676 bits per heavy atom. The molecule has 0 unspecified atom stereocenters. The maximum absolute atomic E-state index is 6.60. The van der Waals surface area contributed by atoms with Crippen molar-refractivity contribution < 1.29 is 23.7 Å². The third kappa shape index (κ3) is 11.5. The molecule has 9 atom stereocenters. The van der Waals surface area contributed by atoms with Gasteiger partial charge in [-0.25, -0.2) is 0 Å². The molecule has 2 aliphatic rings. The van der Waals surface area contributed by atoms with Gasteiger partial charge in [0.05, 0.1) is 18.2 Å². The lowest BCUT2D eigenvalue weighted by Gasteiger charge is -2.47. The zero-order valence-corrected chi connectivity index (χ0v) is 24.9. The lowest BCUT2D eigenvalue weighted by atomic mass is 9.84. The largest absolute Gasteiger partial charge is 0.375 e. The summed E-state index contributed by atoms with van der Waals surface area (Å²) in [7, 11) is 0. The molecule has 37 heavy (non-hydrogen) atoms. The highest BCUT2D eigenvalue weighted by Gasteiger charge is 2.47. The number of nitrogens with two attached hydrogens (primary N) is 4. The van der Waals surface area contributed by atoms with E-state index in [-0.39, 0.29) is 48.8 Å². The smallest absolute Gasteiger partial charge is 0.173 e. The first kappa shape index (κ1) is 35.0. The van der Waals surface area contributed by atoms with E-state index in [4.69, 9.17) is 46.6 Å². The van der Waals surface area contributed by atoms with E-state index in [1.54, 1.807) is 0 Å². The minimum atomic E-state index is -0.651. The van der Waals surface area contributed by atoms with Gasteiger partial charge in [-0.05, 0) is 49.9 Å². The maximum Gasteiger partial charge on any atom is 0.173 e. The third-order valence-corrected chi connectivity index (χ3v) is 7.18. The quantitative estimate of drug-likeness (QED) is 0.240. The Balaban J connectivity index is 0.00000684. The Labute approximate surface area is 231 Å². The topological polar surface area (TPSA) is 150 Å². The molecule has 1 saturated carbocycles. The van der Waals surface area contributed by atoms with E-state index in [1.165, 1.54) is 0 Å². The summed E-state index contributed by atoms with van der Waals surface area (Å²) in [5, 5.41) is 0. The molecule has 2 rings (SSSR count). The van der Waals surface area contributed by atoms with Crippen molar-refractivity contribution in [3.8, 4) is 0 Å². The lowest BCUT2D eigenvalue weighted by molar-refractivity contribution is -0.279. The SMILES string of the molecule is CC(C)CCO[C@@H]1[C@@H](OCCC(C)C)[C@H](N)C[C@H](N)[C@H]1O[C@H]1O[C@H](CN)[C@@H](OCCC(C)C)C[C@H]1N.Cl. The van der Waals surface area contributed by atoms with Crippen LogP contribution in [-0.4, -0.2) is 81.3 Å². The summed E-state index contributed by atoms with van der Waals surface area (Å²) in [6.45, 7) is 15.2. The molecule has 1 aliphatic carbocycles. The van der Waals surface area contributed by atoms with E-state index in [9.17, 15) is 0 Å². The van der Waals surface area contributed by atoms with Crippen LogP contribution in [0.2, 0.25) is 0 Å². The summed E-state index contributed by atoms with van der Waals surface area (Å²) in [6.07, 6.45) is 1.79. The van der Waals surface area contributed by atoms with Crippen LogP contribution in [0, 0.1) is 17.8 Å². The van der Waals surface area contributed by atoms with Crippen LogP contribution < -0.4 is 22.9 Å². The van der Waals surface area contributed by atoms with E-state index >= 15 is 0 Å². The van der Waals surface area contributed by atoms with Crippen LogP contribution in [0.15, 0.2) is 0 Å². The average Bonchev–Trinajstić information content (AvgIpc) is 2.78. The van der Waals surface area contributed by atoms with Crippen molar-refractivity contribution in [2.45, 2.75) is 129 Å². The zero-order chi connectivity index (χ0) is 26.8. The number of rotatable bonds is 15. The van der Waals surface area contributed by atoms with Crippen molar-refractivity contribution in [3.63, 3.8) is 0 Å². The molecule has 1 heterocycles. The van der Waals surface area contributed by atoms with Gasteiger partial charge < -0.3 is 46.6 Å². The van der Waals surface area contributed by atoms with Gasteiger partial charge in [0.25, 0.3) is 0 Å². The molecule has 2 fully saturated rings. The molecule has 0 aromatic carbocycles. The van der Waals surface area contributed by atoms with Crippen LogP contribution in [0.25, 0.3) is 0 Å². The molecule has 0 radical (unpaired) electrons. The van der Waals surface area contributed by atoms with Crippen molar-refractivity contribution in [3.05, 3.63) is 0 Å². The second-order valence-electron chi connectivity index (χ2n) is 12.0. The van der Waals surface area contributed by atoms with Gasteiger partial charge in [-0.15, -0.1) is 12.4 Å². The molecule has 1 aliphatic heterocycles. The highest BCUT2D eigenvalue weighted by molar-refractivity contribution is 5.85. The summed E-state index contributed by atoms with van der Waals surface area (Å²) in [5.41, 5.74) is 25.7. The fourth-order valence-corrected chi connectivity index (χ4v) is 4.74. The molecule has 0 aromatic rings. The Kier molecular flexibility index (Phi) is 16.6. The summed E-state index contributed by atoms with van der Waals surface area (Å²) in [6, 6.07) is -0.912. The number of ether oxygens (including phenoxy) is 5. The molecule has 0 bridgehead atoms. The second-order valence-corrected chi connectivity index (χ2v) is 12.0. The van der Waals surface area contributed by atoms with Crippen LogP contribution >= 0.6 is 12.4 Å². The normalized spacial score (nSPS) is 34.8. The van der Waals surface area contributed by atoms with Crippen LogP contribution in [0.1, 0.15) is 73.6 Å². The Bertz CT molecular complexity index is 603. The zero-order valence-electron chi connectivity index (χ0n) is 24.1. The summed E-state index contributed by atoms with van der Waals surface area (Å²) in [5.74, 6) is 1.62. The minimum absolute atomic E-state index is 0. The number of halogens is 1. The molecule has 1 saturated heterocycles. The molecule has 9 nitrogen and oxygen atoms in total. The van der Waals surface area contributed by atoms with Crippen molar-refractivity contribution >= 4 is 12.4 Å². The van der Waals surface area contributed by atoms with Gasteiger partial charge >= 0.3 is 0 Å². The number of hydrogen-bond acceptors (Lipinski definition) is 9. The molecule has 0 aromatic heterocycles. The molecule has 8 N–H and O–H groups in total. The molecular formula is C27H57ClN4O5. The van der Waals surface area contributed by atoms with Crippen LogP contribution in [0.5, 0.6) is 0 Å². The number of hydrogen-bond donors (Lipinski definition) is 4. The van der Waals surface area contributed by atoms with Gasteiger partial charge in [0.15, 0.2) is 6.29 Å². The first-order valence-corrected chi connectivity index (χ1v) is 14.2. The molecule has 0 spiro atoms. The van der Waals surface area contributed by atoms with E-state index in [0.29, 0.717) is 57.0 Å². The van der Waals surface area contributed by atoms with Gasteiger partial charge in [-0.3, -0.25) is 0 Å². The Hall–Kier alpha value is -0.0700. The molecular weight excluding hydrogens is 496 g/mol. The van der Waals surface area contributed by atoms with E-state index < -0.39 is 18.5 Å². The minimum Gasteiger partial charge on any atom is -0.375 e. The highest BCUT2D eigenvalue weighted by atomic mass is 35.5. The Morgan fingerprint density at radius 3 is 1.68 bits per heavy atom. The fraction of sp³-hybridized carbons (Fsp3) is 1.00. The Morgan fingerprint density at radius 2 is 1.16 bits per heavy atom. The predicted octanol–water partition coefficient (Wildman–Crippen LogP) is 2.55. The third-order valence-electron chi connectivity index (χ3n) is 7.18. The second kappa shape index (κ2) is 17.6. The van der Waals surface area contributed by atoms with Crippen molar-refractivity contribution in [2.24, 2.45) is 40.7 Å². The monoisotopic (exact) mass is 552 g/mol. The first-order valence-electron chi connectivity index (χ1n) is 14.2. The molecule has 222 valence electrons. The lowest BCUT2D eigenvalue weighted by Crippen LogP contribution is -2.66. The summed E-state index contributed by atoms with van der Waals surface area (Å²) in [4.78, 5) is 0. The van der Waals surface area contributed by atoms with Gasteiger partial charge in [-0.2, -0.15) is 0 Å². The maximum atomic E-state index is 6.60. The van der Waals surface area contributed by atoms with Crippen LogP contribution in [0.4, 0.5) is 0 Å². The van der Waals surface area contributed by atoms with E-state index in [1.807, 2.05) is 0 Å². The van der Waals surface area contributed by atoms with E-state index in [2.05, 4.69) is 41.5 Å². The van der Waals surface area contributed by atoms with Crippen molar-refractivity contribution in [2.75, 3.05) is 26.4 Å². The summed E-state index contributed by atoms with van der Waals surface area (Å²) < 4.78 is 31.5. The van der Waals surface area contributed by atoms with E-state index in [0.717, 1.165) is 19.3 Å². The predicted molar refractivity (Wildman–Crippen MR) is 151 cm³/mol. The van der Waals surface area contributed by atoms with Gasteiger partial charge in [-0.1, -0.05) is 41.5 Å². The van der Waals surface area contributed by atoms with Crippen LogP contribution in [-0.2, 0) is 23.7 Å².